The third-order valence-corrected chi connectivity index (χ3v) is 8.21. The van der Waals surface area contributed by atoms with E-state index in [9.17, 15) is 4.79 Å². The molecule has 4 heterocycles. The maximum absolute atomic E-state index is 15.0. The van der Waals surface area contributed by atoms with E-state index >= 15 is 4.39 Å². The topological polar surface area (TPSA) is 97.8 Å². The zero-order chi connectivity index (χ0) is 26.0. The van der Waals surface area contributed by atoms with Crippen LogP contribution in [-0.4, -0.2) is 51.8 Å². The van der Waals surface area contributed by atoms with Gasteiger partial charge in [-0.2, -0.15) is 4.52 Å². The van der Waals surface area contributed by atoms with Gasteiger partial charge < -0.3 is 19.4 Å². The van der Waals surface area contributed by atoms with Crippen LogP contribution in [0.1, 0.15) is 54.0 Å². The molecule has 9 nitrogen and oxygen atoms in total. The maximum Gasteiger partial charge on any atom is 0.293 e. The van der Waals surface area contributed by atoms with Crippen LogP contribution in [0.15, 0.2) is 34.9 Å². The lowest BCUT2D eigenvalue weighted by molar-refractivity contribution is -0.0482. The molecule has 3 aromatic heterocycles. The number of fused-ring (bicyclic) bond motifs is 1. The number of hydrogen-bond donors (Lipinski definition) is 1. The molecule has 0 atom stereocenters. The average Bonchev–Trinajstić information content (AvgIpc) is 3.51. The van der Waals surface area contributed by atoms with Gasteiger partial charge in [-0.1, -0.05) is 6.92 Å². The van der Waals surface area contributed by atoms with Crippen molar-refractivity contribution in [1.82, 2.24) is 19.6 Å². The van der Waals surface area contributed by atoms with E-state index in [-0.39, 0.29) is 16.9 Å². The summed E-state index contributed by atoms with van der Waals surface area (Å²) in [6, 6.07) is 7.12. The smallest absolute Gasteiger partial charge is 0.293 e. The summed E-state index contributed by atoms with van der Waals surface area (Å²) in [4.78, 5) is 24.3. The third kappa shape index (κ3) is 3.69. The highest BCUT2D eigenvalue weighted by Gasteiger charge is 2.60. The monoisotopic (exact) mass is 516 g/mol. The van der Waals surface area contributed by atoms with E-state index in [0.29, 0.717) is 19.1 Å². The van der Waals surface area contributed by atoms with Crippen LogP contribution in [-0.2, 0) is 16.6 Å². The predicted molar refractivity (Wildman–Crippen MR) is 139 cm³/mol. The van der Waals surface area contributed by atoms with Crippen molar-refractivity contribution in [3.05, 3.63) is 59.3 Å². The number of ether oxygens (including phenoxy) is 1. The molecule has 1 aromatic carbocycles. The minimum Gasteiger partial charge on any atom is -0.435 e. The van der Waals surface area contributed by atoms with Crippen LogP contribution in [0.4, 0.5) is 15.9 Å². The number of rotatable bonds is 6. The molecular formula is C28H29FN6O3. The second-order valence-electron chi connectivity index (χ2n) is 10.7. The molecule has 2 bridgehead atoms. The standard InChI is InChI=1S/C28H29FN6O3/c1-3-23-32-24-9-18(10-25(35(24)33-23)34-4-6-37-7-5-34)19-11-21(20(29)8-16(19)2)31-26(36)22-15-30-27(38-22)28-12-17(13-28)14-28/h8-11,15,17H,3-7,12-14H2,1-2H3,(H,31,36). The first kappa shape index (κ1) is 23.3. The lowest BCUT2D eigenvalue weighted by atomic mass is 9.44. The Morgan fingerprint density at radius 2 is 1.97 bits per heavy atom. The van der Waals surface area contributed by atoms with E-state index in [1.807, 2.05) is 30.5 Å². The molecule has 1 N–H and O–H groups in total. The number of halogens is 1. The number of pyridine rings is 1. The van der Waals surface area contributed by atoms with Gasteiger partial charge in [0.15, 0.2) is 11.5 Å². The Labute approximate surface area is 219 Å². The first-order valence-corrected chi connectivity index (χ1v) is 13.2. The summed E-state index contributed by atoms with van der Waals surface area (Å²) >= 11 is 0. The SMILES string of the molecule is CCc1nc2cc(-c3cc(NC(=O)c4cnc(C56CC(C5)C6)o4)c(F)cc3C)cc(N3CCOCC3)n2n1. The average molecular weight is 517 g/mol. The molecule has 0 unspecified atom stereocenters. The molecule has 8 rings (SSSR count). The highest BCUT2D eigenvalue weighted by molar-refractivity contribution is 6.02. The van der Waals surface area contributed by atoms with Crippen molar-refractivity contribution in [1.29, 1.82) is 0 Å². The van der Waals surface area contributed by atoms with Crippen molar-refractivity contribution >= 4 is 23.1 Å². The summed E-state index contributed by atoms with van der Waals surface area (Å²) in [6.07, 6.45) is 5.39. The number of nitrogens with zero attached hydrogens (tertiary/aromatic N) is 5. The number of hydrogen-bond acceptors (Lipinski definition) is 7. The Kier molecular flexibility index (Phi) is 5.30. The summed E-state index contributed by atoms with van der Waals surface area (Å²) in [5, 5.41) is 7.39. The lowest BCUT2D eigenvalue weighted by Crippen LogP contribution is -2.55. The Morgan fingerprint density at radius 3 is 2.68 bits per heavy atom. The van der Waals surface area contributed by atoms with E-state index in [0.717, 1.165) is 78.7 Å². The van der Waals surface area contributed by atoms with Crippen LogP contribution in [0.5, 0.6) is 0 Å². The highest BCUT2D eigenvalue weighted by Crippen LogP contribution is 2.64. The van der Waals surface area contributed by atoms with Gasteiger partial charge in [0, 0.05) is 24.9 Å². The summed E-state index contributed by atoms with van der Waals surface area (Å²) in [6.45, 7) is 6.64. The minimum absolute atomic E-state index is 0.0155. The molecule has 0 radical (unpaired) electrons. The first-order valence-electron chi connectivity index (χ1n) is 13.2. The lowest BCUT2D eigenvalue weighted by Gasteiger charge is -2.59. The van der Waals surface area contributed by atoms with E-state index in [2.05, 4.69) is 15.2 Å². The van der Waals surface area contributed by atoms with Gasteiger partial charge in [-0.25, -0.2) is 14.4 Å². The Morgan fingerprint density at radius 1 is 1.18 bits per heavy atom. The molecule has 4 aliphatic rings. The molecule has 196 valence electrons. The van der Waals surface area contributed by atoms with Crippen LogP contribution in [0.3, 0.4) is 0 Å². The summed E-state index contributed by atoms with van der Waals surface area (Å²) in [5.74, 6) is 2.13. The van der Waals surface area contributed by atoms with Crippen molar-refractivity contribution in [2.75, 3.05) is 36.5 Å². The number of benzene rings is 1. The van der Waals surface area contributed by atoms with Gasteiger partial charge in [0.05, 0.1) is 25.1 Å². The molecule has 38 heavy (non-hydrogen) atoms. The molecule has 4 aromatic rings. The van der Waals surface area contributed by atoms with E-state index in [4.69, 9.17) is 19.2 Å². The number of oxazole rings is 1. The fourth-order valence-electron chi connectivity index (χ4n) is 5.96. The Balaban J connectivity index is 1.23. The van der Waals surface area contributed by atoms with Crippen molar-refractivity contribution in [2.45, 2.75) is 44.9 Å². The number of carbonyl (C=O) groups is 1. The normalized spacial score (nSPS) is 22.3. The van der Waals surface area contributed by atoms with Gasteiger partial charge in [-0.15, -0.1) is 5.10 Å². The predicted octanol–water partition coefficient (Wildman–Crippen LogP) is 4.53. The minimum atomic E-state index is -0.515. The number of morpholine rings is 1. The number of aryl methyl sites for hydroxylation is 2. The van der Waals surface area contributed by atoms with Crippen LogP contribution in [0.25, 0.3) is 16.8 Å². The van der Waals surface area contributed by atoms with Gasteiger partial charge >= 0.3 is 0 Å². The molecule has 1 amide bonds. The molecule has 3 saturated carbocycles. The molecular weight excluding hydrogens is 487 g/mol. The zero-order valence-corrected chi connectivity index (χ0v) is 21.5. The highest BCUT2D eigenvalue weighted by atomic mass is 19.1. The Bertz CT molecular complexity index is 1550. The second kappa shape index (κ2) is 8.62. The van der Waals surface area contributed by atoms with Gasteiger partial charge in [0.1, 0.15) is 11.6 Å². The van der Waals surface area contributed by atoms with Crippen LogP contribution >= 0.6 is 0 Å². The largest absolute Gasteiger partial charge is 0.435 e. The quantitative estimate of drug-likeness (QED) is 0.402. The number of anilines is 2. The van der Waals surface area contributed by atoms with E-state index in [1.165, 1.54) is 12.3 Å². The zero-order valence-electron chi connectivity index (χ0n) is 21.5. The van der Waals surface area contributed by atoms with Gasteiger partial charge in [-0.3, -0.25) is 4.79 Å². The van der Waals surface area contributed by atoms with Crippen molar-refractivity contribution in [3.63, 3.8) is 0 Å². The Hall–Kier alpha value is -3.79. The fraction of sp³-hybridized carbons (Fsp3) is 0.429. The fourth-order valence-corrected chi connectivity index (χ4v) is 5.96. The van der Waals surface area contributed by atoms with Crippen LogP contribution in [0, 0.1) is 18.7 Å². The third-order valence-electron chi connectivity index (χ3n) is 8.21. The number of aromatic nitrogens is 4. The second-order valence-corrected chi connectivity index (χ2v) is 10.7. The number of carbonyl (C=O) groups excluding carboxylic acids is 1. The summed E-state index contributed by atoms with van der Waals surface area (Å²) < 4.78 is 28.3. The summed E-state index contributed by atoms with van der Waals surface area (Å²) in [5.41, 5.74) is 3.24. The van der Waals surface area contributed by atoms with E-state index < -0.39 is 11.7 Å². The molecule has 10 heteroatoms. The number of nitrogens with one attached hydrogen (secondary N) is 1. The molecule has 3 aliphatic carbocycles. The number of amides is 1. The van der Waals surface area contributed by atoms with E-state index in [1.54, 1.807) is 6.07 Å². The van der Waals surface area contributed by atoms with Gasteiger partial charge in [0.2, 0.25) is 11.7 Å². The van der Waals surface area contributed by atoms with Crippen LogP contribution < -0.4 is 10.2 Å². The summed E-state index contributed by atoms with van der Waals surface area (Å²) in [7, 11) is 0. The maximum atomic E-state index is 15.0. The van der Waals surface area contributed by atoms with Crippen molar-refractivity contribution < 1.29 is 18.3 Å². The molecule has 1 aliphatic heterocycles. The van der Waals surface area contributed by atoms with Gasteiger partial charge in [-0.05, 0) is 73.1 Å². The molecule has 4 fully saturated rings. The van der Waals surface area contributed by atoms with Crippen molar-refractivity contribution in [2.24, 2.45) is 5.92 Å². The first-order chi connectivity index (χ1) is 18.4. The van der Waals surface area contributed by atoms with Gasteiger partial charge in [0.25, 0.3) is 5.91 Å². The molecule has 1 saturated heterocycles. The van der Waals surface area contributed by atoms with Crippen LogP contribution in [0.2, 0.25) is 0 Å². The van der Waals surface area contributed by atoms with Crippen molar-refractivity contribution in [3.8, 4) is 11.1 Å². The molecule has 0 spiro atoms.